The van der Waals surface area contributed by atoms with Crippen LogP contribution in [0.15, 0.2) is 29.2 Å². The first-order valence-corrected chi connectivity index (χ1v) is 7.00. The van der Waals surface area contributed by atoms with E-state index in [-0.39, 0.29) is 0 Å². The van der Waals surface area contributed by atoms with Crippen LogP contribution >= 0.6 is 23.4 Å². The van der Waals surface area contributed by atoms with Crippen LogP contribution in [0.1, 0.15) is 20.3 Å². The van der Waals surface area contributed by atoms with Gasteiger partial charge >= 0.3 is 0 Å². The minimum absolute atomic E-state index is 0.483. The molecular weight excluding hydrogens is 252 g/mol. The molecule has 0 radical (unpaired) electrons. The zero-order valence-electron chi connectivity index (χ0n) is 10.2. The van der Waals surface area contributed by atoms with Crippen molar-refractivity contribution in [3.63, 3.8) is 0 Å². The van der Waals surface area contributed by atoms with Gasteiger partial charge in [0.25, 0.3) is 0 Å². The van der Waals surface area contributed by atoms with Crippen molar-refractivity contribution < 1.29 is 0 Å². The number of thioether (sulfide) groups is 1. The van der Waals surface area contributed by atoms with Gasteiger partial charge in [-0.05, 0) is 38.1 Å². The van der Waals surface area contributed by atoms with Crippen LogP contribution < -0.4 is 5.32 Å². The maximum Gasteiger partial charge on any atom is 0.113 e. The average Bonchev–Trinajstić information content (AvgIpc) is 2.34. The predicted molar refractivity (Wildman–Crippen MR) is 74.5 cm³/mol. The van der Waals surface area contributed by atoms with Crippen LogP contribution in [0.2, 0.25) is 5.02 Å². The summed E-state index contributed by atoms with van der Waals surface area (Å²) in [7, 11) is 0. The molecule has 0 bridgehead atoms. The number of benzene rings is 1. The van der Waals surface area contributed by atoms with Gasteiger partial charge in [-0.2, -0.15) is 5.26 Å². The largest absolute Gasteiger partial charge is 0.299 e. The Labute approximate surface area is 112 Å². The Balaban J connectivity index is 2.56. The molecule has 0 aliphatic rings. The summed E-state index contributed by atoms with van der Waals surface area (Å²) in [6.45, 7) is 4.88. The lowest BCUT2D eigenvalue weighted by Crippen LogP contribution is -2.43. The molecule has 0 aliphatic heterocycles. The van der Waals surface area contributed by atoms with E-state index in [1.807, 2.05) is 31.2 Å². The van der Waals surface area contributed by atoms with Gasteiger partial charge in [0.15, 0.2) is 0 Å². The van der Waals surface area contributed by atoms with E-state index in [4.69, 9.17) is 11.6 Å². The fourth-order valence-electron chi connectivity index (χ4n) is 1.31. The first kappa shape index (κ1) is 14.4. The highest BCUT2D eigenvalue weighted by molar-refractivity contribution is 7.99. The SMILES string of the molecule is CCCNC(C)(C#N)CSc1cccc(Cl)c1. The van der Waals surface area contributed by atoms with Crippen LogP contribution in [0.4, 0.5) is 0 Å². The van der Waals surface area contributed by atoms with E-state index in [2.05, 4.69) is 18.3 Å². The second kappa shape index (κ2) is 6.90. The molecular formula is C13H17ClN2S. The molecule has 0 aromatic heterocycles. The van der Waals surface area contributed by atoms with Crippen molar-refractivity contribution >= 4 is 23.4 Å². The smallest absolute Gasteiger partial charge is 0.113 e. The number of hydrogen-bond acceptors (Lipinski definition) is 3. The molecule has 1 atom stereocenters. The maximum atomic E-state index is 9.19. The summed E-state index contributed by atoms with van der Waals surface area (Å²) in [6, 6.07) is 10.0. The average molecular weight is 269 g/mol. The number of nitrogens with one attached hydrogen (secondary N) is 1. The van der Waals surface area contributed by atoms with Crippen LogP contribution in [0.25, 0.3) is 0 Å². The zero-order valence-corrected chi connectivity index (χ0v) is 11.7. The minimum atomic E-state index is -0.483. The van der Waals surface area contributed by atoms with Crippen LogP contribution in [0, 0.1) is 11.3 Å². The van der Waals surface area contributed by atoms with Crippen molar-refractivity contribution in [1.29, 1.82) is 5.26 Å². The Morgan fingerprint density at radius 3 is 2.88 bits per heavy atom. The predicted octanol–water partition coefficient (Wildman–Crippen LogP) is 3.71. The third kappa shape index (κ3) is 4.99. The van der Waals surface area contributed by atoms with Gasteiger partial charge in [-0.1, -0.05) is 24.6 Å². The third-order valence-electron chi connectivity index (χ3n) is 2.34. The summed E-state index contributed by atoms with van der Waals surface area (Å²) < 4.78 is 0. The molecule has 2 nitrogen and oxygen atoms in total. The molecule has 0 spiro atoms. The number of hydrogen-bond donors (Lipinski definition) is 1. The van der Waals surface area contributed by atoms with Crippen LogP contribution in [-0.4, -0.2) is 17.8 Å². The van der Waals surface area contributed by atoms with Gasteiger partial charge in [0.1, 0.15) is 5.54 Å². The molecule has 4 heteroatoms. The van der Waals surface area contributed by atoms with Crippen molar-refractivity contribution in [2.45, 2.75) is 30.7 Å². The Morgan fingerprint density at radius 1 is 1.53 bits per heavy atom. The molecule has 0 saturated carbocycles. The second-order valence-electron chi connectivity index (χ2n) is 4.12. The summed E-state index contributed by atoms with van der Waals surface area (Å²) in [5, 5.41) is 13.2. The van der Waals surface area contributed by atoms with Gasteiger partial charge in [-0.3, -0.25) is 5.32 Å². The Bertz CT molecular complexity index is 403. The fourth-order valence-corrected chi connectivity index (χ4v) is 2.57. The second-order valence-corrected chi connectivity index (χ2v) is 5.60. The molecule has 0 heterocycles. The lowest BCUT2D eigenvalue weighted by atomic mass is 10.1. The molecule has 1 aromatic carbocycles. The lowest BCUT2D eigenvalue weighted by Gasteiger charge is -2.22. The summed E-state index contributed by atoms with van der Waals surface area (Å²) in [5.74, 6) is 0.712. The van der Waals surface area contributed by atoms with Gasteiger partial charge in [-0.25, -0.2) is 0 Å². The first-order chi connectivity index (χ1) is 8.09. The van der Waals surface area contributed by atoms with Gasteiger partial charge < -0.3 is 0 Å². The molecule has 0 fully saturated rings. The van der Waals surface area contributed by atoms with Gasteiger partial charge in [-0.15, -0.1) is 11.8 Å². The van der Waals surface area contributed by atoms with Crippen LogP contribution in [0.3, 0.4) is 0 Å². The van der Waals surface area contributed by atoms with E-state index in [1.165, 1.54) is 0 Å². The number of nitriles is 1. The van der Waals surface area contributed by atoms with Gasteiger partial charge in [0.05, 0.1) is 6.07 Å². The van der Waals surface area contributed by atoms with E-state index in [0.29, 0.717) is 5.75 Å². The molecule has 1 unspecified atom stereocenters. The van der Waals surface area contributed by atoms with Crippen LogP contribution in [0.5, 0.6) is 0 Å². The highest BCUT2D eigenvalue weighted by Crippen LogP contribution is 2.24. The molecule has 1 N–H and O–H groups in total. The van der Waals surface area contributed by atoms with Crippen molar-refractivity contribution in [3.05, 3.63) is 29.3 Å². The fraction of sp³-hybridized carbons (Fsp3) is 0.462. The minimum Gasteiger partial charge on any atom is -0.299 e. The zero-order chi connectivity index (χ0) is 12.7. The third-order valence-corrected chi connectivity index (χ3v) is 3.88. The monoisotopic (exact) mass is 268 g/mol. The number of nitrogens with zero attached hydrogens (tertiary/aromatic N) is 1. The molecule has 1 rings (SSSR count). The van der Waals surface area contributed by atoms with Crippen molar-refractivity contribution in [2.24, 2.45) is 0 Å². The topological polar surface area (TPSA) is 35.8 Å². The standard InChI is InChI=1S/C13H17ClN2S/c1-3-7-16-13(2,9-15)10-17-12-6-4-5-11(14)8-12/h4-6,8,16H,3,7,10H2,1-2H3. The molecule has 17 heavy (non-hydrogen) atoms. The number of rotatable bonds is 6. The van der Waals surface area contributed by atoms with E-state index >= 15 is 0 Å². The summed E-state index contributed by atoms with van der Waals surface area (Å²) in [5.41, 5.74) is -0.483. The quantitative estimate of drug-likeness (QED) is 0.799. The Kier molecular flexibility index (Phi) is 5.84. The van der Waals surface area contributed by atoms with Crippen molar-refractivity contribution in [1.82, 2.24) is 5.32 Å². The summed E-state index contributed by atoms with van der Waals surface area (Å²) >= 11 is 7.57. The highest BCUT2D eigenvalue weighted by atomic mass is 35.5. The van der Waals surface area contributed by atoms with E-state index in [0.717, 1.165) is 22.9 Å². The molecule has 1 aromatic rings. The Hall–Kier alpha value is -0.690. The Morgan fingerprint density at radius 2 is 2.29 bits per heavy atom. The molecule has 0 saturated heterocycles. The highest BCUT2D eigenvalue weighted by Gasteiger charge is 2.22. The van der Waals surface area contributed by atoms with Gasteiger partial charge in [0, 0.05) is 15.7 Å². The van der Waals surface area contributed by atoms with Crippen LogP contribution in [-0.2, 0) is 0 Å². The van der Waals surface area contributed by atoms with Crippen molar-refractivity contribution in [3.8, 4) is 6.07 Å². The summed E-state index contributed by atoms with van der Waals surface area (Å²) in [4.78, 5) is 1.09. The number of halogens is 1. The molecule has 0 amide bonds. The van der Waals surface area contributed by atoms with E-state index in [9.17, 15) is 5.26 Å². The summed E-state index contributed by atoms with van der Waals surface area (Å²) in [6.07, 6.45) is 1.03. The van der Waals surface area contributed by atoms with E-state index in [1.54, 1.807) is 11.8 Å². The van der Waals surface area contributed by atoms with Crippen molar-refractivity contribution in [2.75, 3.05) is 12.3 Å². The molecule has 92 valence electrons. The normalized spacial score (nSPS) is 14.0. The van der Waals surface area contributed by atoms with E-state index < -0.39 is 5.54 Å². The first-order valence-electron chi connectivity index (χ1n) is 5.64. The maximum absolute atomic E-state index is 9.19. The molecule has 0 aliphatic carbocycles. The lowest BCUT2D eigenvalue weighted by molar-refractivity contribution is 0.493. The van der Waals surface area contributed by atoms with Gasteiger partial charge in [0.2, 0.25) is 0 Å².